The van der Waals surface area contributed by atoms with E-state index >= 15 is 0 Å². The quantitative estimate of drug-likeness (QED) is 0.303. The molecule has 0 saturated carbocycles. The van der Waals surface area contributed by atoms with Crippen LogP contribution in [0, 0.1) is 0 Å². The zero-order chi connectivity index (χ0) is 3.41. The monoisotopic (exact) mass is 185 g/mol. The summed E-state index contributed by atoms with van der Waals surface area (Å²) in [6.45, 7) is 0. The third-order valence-corrected chi connectivity index (χ3v) is 1.13. The van der Waals surface area contributed by atoms with Crippen LogP contribution >= 0.6 is 31.8 Å². The molecule has 0 bridgehead atoms. The number of rotatable bonds is 0. The van der Waals surface area contributed by atoms with Gasteiger partial charge in [0, 0.05) is 0 Å². The van der Waals surface area contributed by atoms with Crippen molar-refractivity contribution in [3.05, 3.63) is 0 Å². The van der Waals surface area contributed by atoms with Crippen LogP contribution in [-0.2, 0) is 0 Å². The van der Waals surface area contributed by atoms with Crippen LogP contribution in [0.5, 0.6) is 0 Å². The molecule has 0 rings (SSSR count). The van der Waals surface area contributed by atoms with Crippen molar-refractivity contribution in [2.24, 2.45) is 4.67 Å². The van der Waals surface area contributed by atoms with Crippen molar-refractivity contribution in [1.29, 1.82) is 0 Å². The fourth-order valence-corrected chi connectivity index (χ4v) is 0. The van der Waals surface area contributed by atoms with Gasteiger partial charge in [0.05, 0.1) is 0 Å². The van der Waals surface area contributed by atoms with Crippen LogP contribution in [0.1, 0.15) is 0 Å². The Morgan fingerprint density at radius 3 is 2.25 bits per heavy atom. The van der Waals surface area contributed by atoms with E-state index in [0.717, 1.165) is 0 Å². The molecule has 0 saturated heterocycles. The molecule has 4 heteroatoms. The Labute approximate surface area is 41.6 Å². The standard InChI is InChI=1S/BH2INP/c2-1-3-4/h4H2. The van der Waals surface area contributed by atoms with E-state index in [1.165, 1.54) is 0 Å². The van der Waals surface area contributed by atoms with Crippen LogP contribution in [0.2, 0.25) is 0 Å². The van der Waals surface area contributed by atoms with E-state index < -0.39 is 0 Å². The molecule has 0 aromatic carbocycles. The maximum atomic E-state index is 3.51. The van der Waals surface area contributed by atoms with Crippen molar-refractivity contribution >= 4 is 36.7 Å². The number of hydrogen-bond donors (Lipinski definition) is 0. The van der Waals surface area contributed by atoms with E-state index in [0.29, 0.717) is 0 Å². The first kappa shape index (κ1) is 5.02. The number of halogens is 1. The molecule has 0 spiro atoms. The second-order valence-corrected chi connectivity index (χ2v) is 1.10. The van der Waals surface area contributed by atoms with Gasteiger partial charge >= 0.3 is 41.4 Å². The fourth-order valence-electron chi connectivity index (χ4n) is 0. The molecule has 0 fully saturated rings. The molecule has 1 nitrogen and oxygen atoms in total. The van der Waals surface area contributed by atoms with Crippen molar-refractivity contribution < 1.29 is 0 Å². The first-order chi connectivity index (χ1) is 1.91. The summed E-state index contributed by atoms with van der Waals surface area (Å²) in [6, 6.07) is 0. The SMILES string of the molecule is P/N=B/I. The van der Waals surface area contributed by atoms with Gasteiger partial charge in [0.25, 0.3) is 0 Å². The van der Waals surface area contributed by atoms with Gasteiger partial charge in [-0.05, 0) is 0 Å². The average molecular weight is 185 g/mol. The van der Waals surface area contributed by atoms with Gasteiger partial charge in [-0.15, -0.1) is 0 Å². The number of hydrogen-bond acceptors (Lipinski definition) is 1. The predicted molar refractivity (Wildman–Crippen MR) is 31.9 cm³/mol. The molecular weight excluding hydrogens is 183 g/mol. The Hall–Kier alpha value is 1.02. The van der Waals surface area contributed by atoms with Crippen LogP contribution < -0.4 is 0 Å². The topological polar surface area (TPSA) is 12.4 Å². The molecule has 0 heterocycles. The summed E-state index contributed by atoms with van der Waals surface area (Å²) in [5.41, 5.74) is 0. The molecule has 1 atom stereocenters. The zero-order valence-electron chi connectivity index (χ0n) is 1.98. The van der Waals surface area contributed by atoms with Gasteiger partial charge in [-0.1, -0.05) is 0 Å². The molecule has 0 aliphatic rings. The van der Waals surface area contributed by atoms with Gasteiger partial charge in [-0.3, -0.25) is 0 Å². The maximum absolute atomic E-state index is 3.51. The molecule has 22 valence electrons. The third-order valence-electron chi connectivity index (χ3n) is 0.0563. The summed E-state index contributed by atoms with van der Waals surface area (Å²) >= 11 is 2.04. The normalized spacial score (nSPS) is 7.50. The Morgan fingerprint density at radius 1 is 2.00 bits per heavy atom. The summed E-state index contributed by atoms with van der Waals surface area (Å²) in [7, 11) is 2.22. The minimum absolute atomic E-state index is 1.68. The van der Waals surface area contributed by atoms with Crippen molar-refractivity contribution in [3.63, 3.8) is 0 Å². The van der Waals surface area contributed by atoms with Crippen LogP contribution in [0.15, 0.2) is 4.67 Å². The van der Waals surface area contributed by atoms with E-state index in [2.05, 4.69) is 14.1 Å². The molecule has 0 radical (unpaired) electrons. The number of nitrogens with zero attached hydrogens (tertiary/aromatic N) is 1. The Kier molecular flexibility index (Phi) is 5.06. The molecule has 0 aliphatic carbocycles. The van der Waals surface area contributed by atoms with E-state index in [4.69, 9.17) is 0 Å². The van der Waals surface area contributed by atoms with Crippen LogP contribution in [0.3, 0.4) is 0 Å². The van der Waals surface area contributed by atoms with Gasteiger partial charge in [0.2, 0.25) is 0 Å². The summed E-state index contributed by atoms with van der Waals surface area (Å²) < 4.78 is 3.51. The zero-order valence-corrected chi connectivity index (χ0v) is 5.29. The van der Waals surface area contributed by atoms with Crippen LogP contribution in [0.25, 0.3) is 0 Å². The predicted octanol–water partition coefficient (Wildman–Crippen LogP) is 1.01. The Balaban J connectivity index is 2.55. The van der Waals surface area contributed by atoms with Gasteiger partial charge in [0.1, 0.15) is 0 Å². The van der Waals surface area contributed by atoms with Crippen LogP contribution in [-0.4, -0.2) is 4.93 Å². The van der Waals surface area contributed by atoms with E-state index in [-0.39, 0.29) is 0 Å². The summed E-state index contributed by atoms with van der Waals surface area (Å²) in [6.07, 6.45) is 0. The van der Waals surface area contributed by atoms with Gasteiger partial charge in [0.15, 0.2) is 0 Å². The molecule has 0 aromatic heterocycles. The van der Waals surface area contributed by atoms with E-state index in [1.54, 1.807) is 4.93 Å². The summed E-state index contributed by atoms with van der Waals surface area (Å²) in [4.78, 5) is 1.68. The first-order valence-corrected chi connectivity index (χ1v) is 2.50. The Bertz CT molecular complexity index is 23.2. The average Bonchev–Trinajstić information content (AvgIpc) is 1.37. The summed E-state index contributed by atoms with van der Waals surface area (Å²) in [5.74, 6) is 0. The van der Waals surface area contributed by atoms with Gasteiger partial charge < -0.3 is 0 Å². The molecule has 4 heavy (non-hydrogen) atoms. The molecule has 0 N–H and O–H groups in total. The minimum atomic E-state index is 1.68. The van der Waals surface area contributed by atoms with Crippen molar-refractivity contribution in [1.82, 2.24) is 0 Å². The van der Waals surface area contributed by atoms with Gasteiger partial charge in [-0.25, -0.2) is 0 Å². The summed E-state index contributed by atoms with van der Waals surface area (Å²) in [5, 5.41) is 0. The van der Waals surface area contributed by atoms with E-state index in [9.17, 15) is 0 Å². The molecule has 0 aliphatic heterocycles. The van der Waals surface area contributed by atoms with Crippen molar-refractivity contribution in [2.45, 2.75) is 0 Å². The molecule has 1 unspecified atom stereocenters. The third kappa shape index (κ3) is 3.02. The fraction of sp³-hybridized carbons (Fsp3) is 0. The second kappa shape index (κ2) is 4.02. The van der Waals surface area contributed by atoms with Crippen LogP contribution in [0.4, 0.5) is 0 Å². The second-order valence-electron chi connectivity index (χ2n) is 0.247. The molecule has 0 amide bonds. The first-order valence-electron chi connectivity index (χ1n) is 0.735. The Morgan fingerprint density at radius 2 is 2.25 bits per heavy atom. The van der Waals surface area contributed by atoms with Crippen molar-refractivity contribution in [3.8, 4) is 0 Å². The van der Waals surface area contributed by atoms with Gasteiger partial charge in [-0.2, -0.15) is 0 Å². The van der Waals surface area contributed by atoms with Crippen molar-refractivity contribution in [2.75, 3.05) is 0 Å². The molecular formula is H2BINP. The van der Waals surface area contributed by atoms with E-state index in [1.807, 2.05) is 22.4 Å². The molecule has 0 aromatic rings.